The van der Waals surface area contributed by atoms with Crippen molar-refractivity contribution >= 4 is 5.91 Å². The van der Waals surface area contributed by atoms with Crippen molar-refractivity contribution in [1.82, 2.24) is 4.90 Å². The number of amides is 1. The van der Waals surface area contributed by atoms with Crippen molar-refractivity contribution < 1.29 is 14.6 Å². The summed E-state index contributed by atoms with van der Waals surface area (Å²) in [4.78, 5) is 23.5. The van der Waals surface area contributed by atoms with Gasteiger partial charge in [0.05, 0.1) is 0 Å². The minimum absolute atomic E-state index is 0.0393. The molecule has 0 aromatic heterocycles. The maximum Gasteiger partial charge on any atom is 0.261 e. The van der Waals surface area contributed by atoms with Crippen LogP contribution >= 0.6 is 0 Å². The van der Waals surface area contributed by atoms with Crippen molar-refractivity contribution in [2.24, 2.45) is 0 Å². The minimum Gasteiger partial charge on any atom is -0.304 e. The van der Waals surface area contributed by atoms with Gasteiger partial charge in [-0.3, -0.25) is 4.79 Å². The molecule has 2 unspecified atom stereocenters. The Morgan fingerprint density at radius 2 is 1.94 bits per heavy atom. The van der Waals surface area contributed by atoms with Gasteiger partial charge in [-0.2, -0.15) is 0 Å². The lowest BCUT2D eigenvalue weighted by Crippen LogP contribution is -2.53. The molecule has 3 aliphatic rings. The number of rotatable bonds is 2. The van der Waals surface area contributed by atoms with E-state index in [4.69, 9.17) is 9.78 Å². The zero-order valence-electron chi connectivity index (χ0n) is 8.58. The molecule has 4 nitrogen and oxygen atoms in total. The molecular weight excluding hydrogens is 206 g/mol. The van der Waals surface area contributed by atoms with Gasteiger partial charge in [-0.25, -0.2) is 9.78 Å². The molecule has 1 amide bonds. The van der Waals surface area contributed by atoms with Crippen LogP contribution in [0.25, 0.3) is 0 Å². The Balaban J connectivity index is 1.81. The van der Waals surface area contributed by atoms with Gasteiger partial charge in [-0.1, -0.05) is 30.3 Å². The molecule has 0 N–H and O–H groups in total. The maximum atomic E-state index is 11.9. The van der Waals surface area contributed by atoms with Crippen LogP contribution in [0.5, 0.6) is 0 Å². The topological polar surface area (TPSA) is 38.8 Å². The molecule has 0 saturated carbocycles. The monoisotopic (exact) mass is 217 g/mol. The summed E-state index contributed by atoms with van der Waals surface area (Å²) in [6.07, 6.45) is 2.61. The fourth-order valence-corrected chi connectivity index (χ4v) is 1.89. The highest BCUT2D eigenvalue weighted by Gasteiger charge is 2.39. The summed E-state index contributed by atoms with van der Waals surface area (Å²) in [5.74, 6) is -0.0393. The molecule has 82 valence electrons. The second kappa shape index (κ2) is 3.73. The molecule has 4 heteroatoms. The first kappa shape index (κ1) is 9.57. The van der Waals surface area contributed by atoms with Crippen LogP contribution < -0.4 is 0 Å². The van der Waals surface area contributed by atoms with E-state index in [1.54, 1.807) is 11.0 Å². The Hall–Kier alpha value is -1.65. The third kappa shape index (κ3) is 1.52. The van der Waals surface area contributed by atoms with Crippen LogP contribution in [0.4, 0.5) is 0 Å². The highest BCUT2D eigenvalue weighted by atomic mass is 17.2. The van der Waals surface area contributed by atoms with Gasteiger partial charge in [0.15, 0.2) is 12.3 Å². The van der Waals surface area contributed by atoms with E-state index in [0.29, 0.717) is 6.54 Å². The lowest BCUT2D eigenvalue weighted by Gasteiger charge is -2.39. The van der Waals surface area contributed by atoms with E-state index in [1.807, 2.05) is 36.4 Å². The Labute approximate surface area is 93.0 Å². The van der Waals surface area contributed by atoms with E-state index in [2.05, 4.69) is 0 Å². The van der Waals surface area contributed by atoms with Gasteiger partial charge >= 0.3 is 0 Å². The largest absolute Gasteiger partial charge is 0.304 e. The van der Waals surface area contributed by atoms with Gasteiger partial charge < -0.3 is 4.90 Å². The van der Waals surface area contributed by atoms with E-state index in [0.717, 1.165) is 5.56 Å². The average molecular weight is 217 g/mol. The van der Waals surface area contributed by atoms with E-state index < -0.39 is 12.3 Å². The van der Waals surface area contributed by atoms with Gasteiger partial charge in [0.1, 0.15) is 0 Å². The zero-order chi connectivity index (χ0) is 11.0. The van der Waals surface area contributed by atoms with Crippen LogP contribution in [0.15, 0.2) is 42.5 Å². The van der Waals surface area contributed by atoms with Gasteiger partial charge in [0.25, 0.3) is 5.91 Å². The smallest absolute Gasteiger partial charge is 0.261 e. The highest BCUT2D eigenvalue weighted by Crippen LogP contribution is 2.24. The summed E-state index contributed by atoms with van der Waals surface area (Å²) >= 11 is 0. The first-order valence-corrected chi connectivity index (χ1v) is 5.19. The molecule has 1 aromatic carbocycles. The SMILES string of the molecule is O=C1C2C=CC(OO2)N1Cc1ccccc1. The number of nitrogens with zero attached hydrogens (tertiary/aromatic N) is 1. The zero-order valence-corrected chi connectivity index (χ0v) is 8.58. The second-order valence-electron chi connectivity index (χ2n) is 3.84. The molecule has 0 spiro atoms. The fraction of sp³-hybridized carbons (Fsp3) is 0.250. The molecule has 2 atom stereocenters. The van der Waals surface area contributed by atoms with Gasteiger partial charge in [-0.15, -0.1) is 0 Å². The molecule has 0 aliphatic carbocycles. The average Bonchev–Trinajstić information content (AvgIpc) is 2.36. The fourth-order valence-electron chi connectivity index (χ4n) is 1.89. The Bertz CT molecular complexity index is 429. The van der Waals surface area contributed by atoms with Crippen molar-refractivity contribution in [2.45, 2.75) is 18.9 Å². The quantitative estimate of drug-likeness (QED) is 0.552. The van der Waals surface area contributed by atoms with Crippen molar-refractivity contribution in [3.05, 3.63) is 48.0 Å². The molecular formula is C12H11NO3. The van der Waals surface area contributed by atoms with E-state index in [9.17, 15) is 4.79 Å². The summed E-state index contributed by atoms with van der Waals surface area (Å²) in [6, 6.07) is 9.83. The highest BCUT2D eigenvalue weighted by molar-refractivity contribution is 5.84. The van der Waals surface area contributed by atoms with Crippen LogP contribution in [0.3, 0.4) is 0 Å². The summed E-state index contributed by atoms with van der Waals surface area (Å²) in [7, 11) is 0. The number of hydrogen-bond acceptors (Lipinski definition) is 3. The molecule has 1 aromatic rings. The first-order valence-electron chi connectivity index (χ1n) is 5.19. The summed E-state index contributed by atoms with van der Waals surface area (Å²) < 4.78 is 0. The second-order valence-corrected chi connectivity index (χ2v) is 3.84. The Morgan fingerprint density at radius 3 is 2.56 bits per heavy atom. The molecule has 2 bridgehead atoms. The van der Waals surface area contributed by atoms with Crippen LogP contribution in [-0.4, -0.2) is 23.1 Å². The molecule has 1 fully saturated rings. The van der Waals surface area contributed by atoms with Crippen molar-refractivity contribution in [2.75, 3.05) is 0 Å². The standard InChI is InChI=1S/C12H11NO3/c14-12-10-6-7-11(16-15-10)13(12)8-9-4-2-1-3-5-9/h1-7,10-11H,8H2. The number of carbonyl (C=O) groups excluding carboxylic acids is 1. The number of benzene rings is 1. The van der Waals surface area contributed by atoms with Crippen molar-refractivity contribution in [3.8, 4) is 0 Å². The predicted molar refractivity (Wildman–Crippen MR) is 55.9 cm³/mol. The normalized spacial score (nSPS) is 27.5. The van der Waals surface area contributed by atoms with Gasteiger partial charge in [0, 0.05) is 6.54 Å². The molecule has 16 heavy (non-hydrogen) atoms. The number of fused-ring (bicyclic) bond motifs is 2. The molecule has 0 radical (unpaired) electrons. The maximum absolute atomic E-state index is 11.9. The molecule has 4 rings (SSSR count). The summed E-state index contributed by atoms with van der Waals surface area (Å²) in [5.41, 5.74) is 1.08. The first-order chi connectivity index (χ1) is 7.84. The van der Waals surface area contributed by atoms with E-state index in [-0.39, 0.29) is 5.91 Å². The predicted octanol–water partition coefficient (Wildman–Crippen LogP) is 1.24. The summed E-state index contributed by atoms with van der Waals surface area (Å²) in [6.45, 7) is 0.550. The molecule has 3 heterocycles. The van der Waals surface area contributed by atoms with Gasteiger partial charge in [0.2, 0.25) is 0 Å². The van der Waals surface area contributed by atoms with E-state index >= 15 is 0 Å². The molecule has 3 aliphatic heterocycles. The lowest BCUT2D eigenvalue weighted by molar-refractivity contribution is -0.376. The van der Waals surface area contributed by atoms with Crippen LogP contribution in [0.1, 0.15) is 5.56 Å². The Morgan fingerprint density at radius 1 is 1.12 bits per heavy atom. The number of hydrogen-bond donors (Lipinski definition) is 0. The van der Waals surface area contributed by atoms with Crippen LogP contribution in [0, 0.1) is 0 Å². The molecule has 1 saturated heterocycles. The summed E-state index contributed by atoms with van der Waals surface area (Å²) in [5, 5.41) is 0. The van der Waals surface area contributed by atoms with Crippen molar-refractivity contribution in [1.29, 1.82) is 0 Å². The third-order valence-corrected chi connectivity index (χ3v) is 2.74. The van der Waals surface area contributed by atoms with E-state index in [1.165, 1.54) is 0 Å². The van der Waals surface area contributed by atoms with Crippen LogP contribution in [-0.2, 0) is 21.1 Å². The van der Waals surface area contributed by atoms with Crippen LogP contribution in [0.2, 0.25) is 0 Å². The lowest BCUT2D eigenvalue weighted by atomic mass is 10.1. The Kier molecular flexibility index (Phi) is 2.23. The van der Waals surface area contributed by atoms with Gasteiger partial charge in [-0.05, 0) is 17.7 Å². The third-order valence-electron chi connectivity index (χ3n) is 2.74. The number of carbonyl (C=O) groups is 1. The minimum atomic E-state index is -0.575. The van der Waals surface area contributed by atoms with Crippen molar-refractivity contribution in [3.63, 3.8) is 0 Å².